The van der Waals surface area contributed by atoms with E-state index in [2.05, 4.69) is 15.0 Å². The van der Waals surface area contributed by atoms with E-state index in [1.54, 1.807) is 38.2 Å². The molecule has 0 saturated heterocycles. The van der Waals surface area contributed by atoms with Crippen LogP contribution < -0.4 is 4.74 Å². The zero-order valence-corrected chi connectivity index (χ0v) is 18.5. The van der Waals surface area contributed by atoms with E-state index in [1.807, 2.05) is 19.1 Å². The number of aromatic amines is 1. The monoisotopic (exact) mass is 459 g/mol. The normalized spacial score (nSPS) is 15.3. The molecule has 0 radical (unpaired) electrons. The van der Waals surface area contributed by atoms with Crippen LogP contribution in [0.3, 0.4) is 0 Å². The second-order valence-corrected chi connectivity index (χ2v) is 9.12. The van der Waals surface area contributed by atoms with Gasteiger partial charge in [0.1, 0.15) is 17.8 Å². The predicted molar refractivity (Wildman–Crippen MR) is 116 cm³/mol. The van der Waals surface area contributed by atoms with Crippen LogP contribution in [0, 0.1) is 12.3 Å². The number of rotatable bonds is 7. The first-order valence-corrected chi connectivity index (χ1v) is 10.5. The number of halogens is 3. The maximum Gasteiger partial charge on any atom is 0.399 e. The van der Waals surface area contributed by atoms with Crippen molar-refractivity contribution in [1.82, 2.24) is 15.0 Å². The van der Waals surface area contributed by atoms with Gasteiger partial charge in [0.25, 0.3) is 0 Å². The van der Waals surface area contributed by atoms with Crippen molar-refractivity contribution in [1.29, 1.82) is 0 Å². The van der Waals surface area contributed by atoms with Gasteiger partial charge in [-0.1, -0.05) is 24.3 Å². The van der Waals surface area contributed by atoms with Crippen LogP contribution in [-0.4, -0.2) is 38.8 Å². The minimum atomic E-state index is -4.29. The predicted octanol–water partition coefficient (Wildman–Crippen LogP) is 5.53. The van der Waals surface area contributed by atoms with E-state index in [4.69, 9.17) is 4.74 Å². The molecule has 0 atom stereocenters. The van der Waals surface area contributed by atoms with Crippen molar-refractivity contribution in [2.45, 2.75) is 45.2 Å². The van der Waals surface area contributed by atoms with Crippen molar-refractivity contribution in [3.63, 3.8) is 0 Å². The molecule has 0 bridgehead atoms. The number of imidazole rings is 1. The van der Waals surface area contributed by atoms with Crippen molar-refractivity contribution in [3.8, 4) is 28.4 Å². The number of aromatic nitrogens is 3. The van der Waals surface area contributed by atoms with Gasteiger partial charge in [-0.05, 0) is 44.7 Å². The summed E-state index contributed by atoms with van der Waals surface area (Å²) in [5.74, 6) is -0.221. The van der Waals surface area contributed by atoms with Gasteiger partial charge in [0.15, 0.2) is 0 Å². The van der Waals surface area contributed by atoms with E-state index in [-0.39, 0.29) is 25.1 Å². The van der Waals surface area contributed by atoms with E-state index in [1.165, 1.54) is 6.20 Å². The molecule has 0 aliphatic heterocycles. The van der Waals surface area contributed by atoms with Crippen LogP contribution in [0.15, 0.2) is 42.7 Å². The van der Waals surface area contributed by atoms with Gasteiger partial charge in [-0.15, -0.1) is 0 Å². The number of nitrogens with one attached hydrogen (secondary N) is 1. The third-order valence-electron chi connectivity index (χ3n) is 6.10. The average Bonchev–Trinajstić information content (AvgIpc) is 3.44. The van der Waals surface area contributed by atoms with Gasteiger partial charge >= 0.3 is 12.1 Å². The Bertz CT molecular complexity index is 1180. The van der Waals surface area contributed by atoms with Crippen LogP contribution in [0.25, 0.3) is 22.5 Å². The van der Waals surface area contributed by atoms with Crippen molar-refractivity contribution >= 4 is 5.97 Å². The Morgan fingerprint density at radius 1 is 1.12 bits per heavy atom. The fourth-order valence-electron chi connectivity index (χ4n) is 3.58. The molecule has 2 aromatic heterocycles. The highest BCUT2D eigenvalue weighted by Crippen LogP contribution is 2.58. The average molecular weight is 459 g/mol. The van der Waals surface area contributed by atoms with Crippen LogP contribution >= 0.6 is 0 Å². The second-order valence-electron chi connectivity index (χ2n) is 9.12. The summed E-state index contributed by atoms with van der Waals surface area (Å²) in [6.45, 7) is 5.04. The molecule has 6 nitrogen and oxygen atoms in total. The van der Waals surface area contributed by atoms with E-state index < -0.39 is 23.0 Å². The summed E-state index contributed by atoms with van der Waals surface area (Å²) in [6.07, 6.45) is -1.20. The van der Waals surface area contributed by atoms with E-state index in [0.717, 1.165) is 16.7 Å². The number of nitrogens with zero attached hydrogens (tertiary/aromatic N) is 2. The van der Waals surface area contributed by atoms with Crippen LogP contribution in [0.5, 0.6) is 5.88 Å². The van der Waals surface area contributed by atoms with Gasteiger partial charge in [-0.25, -0.2) is 9.97 Å². The molecule has 2 heterocycles. The lowest BCUT2D eigenvalue weighted by Gasteiger charge is -2.19. The van der Waals surface area contributed by atoms with Gasteiger partial charge in [-0.2, -0.15) is 13.2 Å². The second kappa shape index (κ2) is 7.90. The first kappa shape index (κ1) is 22.8. The number of carbonyl (C=O) groups is 1. The molecule has 2 N–H and O–H groups in total. The van der Waals surface area contributed by atoms with Gasteiger partial charge in [0.05, 0.1) is 11.1 Å². The zero-order valence-electron chi connectivity index (χ0n) is 18.5. The lowest BCUT2D eigenvalue weighted by molar-refractivity contribution is -0.161. The van der Waals surface area contributed by atoms with Gasteiger partial charge in [0, 0.05) is 29.6 Å². The molecule has 174 valence electrons. The fraction of sp³-hybridized carbons (Fsp3) is 0.375. The summed E-state index contributed by atoms with van der Waals surface area (Å²) in [5.41, 5.74) is 0.601. The largest absolute Gasteiger partial charge is 0.481 e. The van der Waals surface area contributed by atoms with Gasteiger partial charge in [0.2, 0.25) is 5.88 Å². The molecule has 0 amide bonds. The number of alkyl halides is 3. The van der Waals surface area contributed by atoms with Crippen LogP contribution in [0.1, 0.15) is 37.9 Å². The molecule has 3 aromatic rings. The highest BCUT2D eigenvalue weighted by Gasteiger charge is 2.65. The summed E-state index contributed by atoms with van der Waals surface area (Å²) in [5, 5.41) is 9.19. The number of benzene rings is 1. The molecule has 4 rings (SSSR count). The molecule has 9 heteroatoms. The van der Waals surface area contributed by atoms with Gasteiger partial charge < -0.3 is 14.8 Å². The minimum Gasteiger partial charge on any atom is -0.481 e. The van der Waals surface area contributed by atoms with Crippen LogP contribution in [-0.2, 0) is 10.2 Å². The summed E-state index contributed by atoms with van der Waals surface area (Å²) in [6, 6.07) is 9.04. The highest BCUT2D eigenvalue weighted by molar-refractivity contribution is 5.74. The number of aryl methyl sites for hydroxylation is 1. The Balaban J connectivity index is 1.49. The Morgan fingerprint density at radius 2 is 1.76 bits per heavy atom. The highest BCUT2D eigenvalue weighted by atomic mass is 19.4. The third kappa shape index (κ3) is 4.31. The number of aliphatic carboxylic acids is 1. The molecular formula is C24H24F3N3O3. The number of carboxylic acid groups (broad SMARTS) is 1. The summed E-state index contributed by atoms with van der Waals surface area (Å²) in [7, 11) is 0. The molecule has 1 fully saturated rings. The van der Waals surface area contributed by atoms with Crippen LogP contribution in [0.4, 0.5) is 13.2 Å². The molecule has 0 unspecified atom stereocenters. The number of hydrogen-bond donors (Lipinski definition) is 2. The van der Waals surface area contributed by atoms with E-state index in [0.29, 0.717) is 17.3 Å². The standard InChI is InChI=1S/C24H24F3N3O3/c1-14-10-19(33-13-22(2,3)21(31)32)28-11-17(14)15-4-6-16(7-5-15)20-29-12-18(30-20)23(8-9-23)24(25,26)27/h4-7,10-12H,8-9,13H2,1-3H3,(H,29,30)(H,31,32). The lowest BCUT2D eigenvalue weighted by Crippen LogP contribution is -2.30. The number of hydrogen-bond acceptors (Lipinski definition) is 4. The van der Waals surface area contributed by atoms with Crippen molar-refractivity contribution in [2.75, 3.05) is 6.61 Å². The van der Waals surface area contributed by atoms with Crippen molar-refractivity contribution < 1.29 is 27.8 Å². The zero-order chi connectivity index (χ0) is 24.0. The Labute approximate surface area is 188 Å². The SMILES string of the molecule is Cc1cc(OCC(C)(C)C(=O)O)ncc1-c1ccc(-c2ncc(C3(C(F)(F)F)CC3)[nH]2)cc1. The van der Waals surface area contributed by atoms with Crippen molar-refractivity contribution in [2.24, 2.45) is 5.41 Å². The quantitative estimate of drug-likeness (QED) is 0.485. The summed E-state index contributed by atoms with van der Waals surface area (Å²) in [4.78, 5) is 22.5. The summed E-state index contributed by atoms with van der Waals surface area (Å²) < 4.78 is 45.6. The Morgan fingerprint density at radius 3 is 2.30 bits per heavy atom. The fourth-order valence-corrected chi connectivity index (χ4v) is 3.58. The minimum absolute atomic E-state index is 0.0103. The van der Waals surface area contributed by atoms with Crippen molar-refractivity contribution in [3.05, 3.63) is 54.0 Å². The molecule has 1 aliphatic rings. The molecule has 1 aromatic carbocycles. The lowest BCUT2D eigenvalue weighted by atomic mass is 9.95. The third-order valence-corrected chi connectivity index (χ3v) is 6.10. The number of H-pyrrole nitrogens is 1. The topological polar surface area (TPSA) is 88.1 Å². The first-order chi connectivity index (χ1) is 15.4. The maximum absolute atomic E-state index is 13.4. The smallest absolute Gasteiger partial charge is 0.399 e. The Kier molecular flexibility index (Phi) is 5.46. The molecule has 33 heavy (non-hydrogen) atoms. The van der Waals surface area contributed by atoms with Gasteiger partial charge in [-0.3, -0.25) is 4.79 Å². The number of ether oxygens (including phenoxy) is 1. The first-order valence-electron chi connectivity index (χ1n) is 10.5. The van der Waals surface area contributed by atoms with E-state index >= 15 is 0 Å². The maximum atomic E-state index is 13.4. The number of carboxylic acids is 1. The molecule has 0 spiro atoms. The molecular weight excluding hydrogens is 435 g/mol. The molecule has 1 saturated carbocycles. The summed E-state index contributed by atoms with van der Waals surface area (Å²) >= 11 is 0. The van der Waals surface area contributed by atoms with Crippen LogP contribution in [0.2, 0.25) is 0 Å². The van der Waals surface area contributed by atoms with E-state index in [9.17, 15) is 23.1 Å². The number of pyridine rings is 1. The Hall–Kier alpha value is -3.36. The molecule has 1 aliphatic carbocycles.